The monoisotopic (exact) mass is 551 g/mol. The maximum Gasteiger partial charge on any atom is 0.0494 e. The highest BCUT2D eigenvalue weighted by molar-refractivity contribution is 5.86. The SMILES string of the molecule is C=CC1=C/C/C=C(/C=C/C(C=C)=C/C=C(\C)N(/C(=C/C)c2ccccc2C=C)c2ccc(C)cc2)\C=C/C/C(C)=C\1C. The summed E-state index contributed by atoms with van der Waals surface area (Å²) >= 11 is 0. The van der Waals surface area contributed by atoms with Gasteiger partial charge in [0.1, 0.15) is 0 Å². The maximum atomic E-state index is 4.09. The first kappa shape index (κ1) is 31.9. The lowest BCUT2D eigenvalue weighted by atomic mass is 9.97. The molecule has 1 aliphatic rings. The number of allylic oxidation sites excluding steroid dienone is 17. The third-order valence-electron chi connectivity index (χ3n) is 7.56. The van der Waals surface area contributed by atoms with Crippen molar-refractivity contribution in [1.29, 1.82) is 0 Å². The summed E-state index contributed by atoms with van der Waals surface area (Å²) in [4.78, 5) is 2.30. The molecule has 1 nitrogen and oxygen atoms in total. The van der Waals surface area contributed by atoms with Gasteiger partial charge in [-0.05, 0) is 93.5 Å². The minimum Gasteiger partial charge on any atom is -0.314 e. The van der Waals surface area contributed by atoms with Crippen LogP contribution in [0.15, 0.2) is 169 Å². The summed E-state index contributed by atoms with van der Waals surface area (Å²) in [5.74, 6) is 0. The van der Waals surface area contributed by atoms with Crippen LogP contribution in [0.2, 0.25) is 0 Å². The molecule has 0 saturated carbocycles. The highest BCUT2D eigenvalue weighted by Crippen LogP contribution is 2.33. The van der Waals surface area contributed by atoms with E-state index in [0.717, 1.165) is 46.6 Å². The van der Waals surface area contributed by atoms with Gasteiger partial charge < -0.3 is 4.90 Å². The van der Waals surface area contributed by atoms with E-state index in [2.05, 4.69) is 162 Å². The molecule has 0 aliphatic heterocycles. The summed E-state index contributed by atoms with van der Waals surface area (Å²) in [6.07, 6.45) is 27.2. The van der Waals surface area contributed by atoms with Gasteiger partial charge in [-0.1, -0.05) is 134 Å². The standard InChI is InChI=1S/C41H45N/c1-9-35(27-28-36-18-15-17-32(6)34(8)37(10-2)21-16-19-36)26-25-33(7)42(39-29-23-31(5)24-30-39)41(12-4)40-22-14-13-20-38(40)11-3/h9-15,18-30H,1-3,16-17H2,4-8H3/b18-15-,28-27+,33-25+,34-32-,35-26+,36-19+,37-21-,41-12+. The van der Waals surface area contributed by atoms with E-state index in [-0.39, 0.29) is 0 Å². The average molecular weight is 552 g/mol. The first-order chi connectivity index (χ1) is 20.3. The molecule has 0 heterocycles. The molecule has 0 N–H and O–H groups in total. The van der Waals surface area contributed by atoms with E-state index < -0.39 is 0 Å². The van der Waals surface area contributed by atoms with E-state index in [4.69, 9.17) is 0 Å². The molecule has 1 aliphatic carbocycles. The molecule has 2 aromatic carbocycles. The Morgan fingerprint density at radius 3 is 2.29 bits per heavy atom. The van der Waals surface area contributed by atoms with E-state index in [1.807, 2.05) is 18.2 Å². The number of anilines is 1. The highest BCUT2D eigenvalue weighted by Gasteiger charge is 2.17. The summed E-state index contributed by atoms with van der Waals surface area (Å²) in [5.41, 5.74) is 12.9. The normalized spacial score (nSPS) is 20.3. The number of aryl methyl sites for hydroxylation is 1. The summed E-state index contributed by atoms with van der Waals surface area (Å²) in [6, 6.07) is 17.0. The van der Waals surface area contributed by atoms with E-state index in [0.29, 0.717) is 0 Å². The third-order valence-corrected chi connectivity index (χ3v) is 7.56. The first-order valence-corrected chi connectivity index (χ1v) is 14.6. The summed E-state index contributed by atoms with van der Waals surface area (Å²) in [5, 5.41) is 0. The van der Waals surface area contributed by atoms with E-state index in [9.17, 15) is 0 Å². The molecule has 0 atom stereocenters. The number of hydrogen-bond donors (Lipinski definition) is 0. The zero-order valence-electron chi connectivity index (χ0n) is 26.0. The molecule has 0 amide bonds. The molecular formula is C41H45N. The minimum atomic E-state index is 0.853. The van der Waals surface area contributed by atoms with Gasteiger partial charge in [0.25, 0.3) is 0 Å². The van der Waals surface area contributed by atoms with E-state index in [1.54, 1.807) is 0 Å². The van der Waals surface area contributed by atoms with Crippen LogP contribution in [0.3, 0.4) is 0 Å². The van der Waals surface area contributed by atoms with Crippen molar-refractivity contribution in [2.24, 2.45) is 0 Å². The molecule has 0 unspecified atom stereocenters. The second kappa shape index (κ2) is 16.0. The topological polar surface area (TPSA) is 3.24 Å². The molecule has 0 saturated heterocycles. The fourth-order valence-electron chi connectivity index (χ4n) is 4.89. The zero-order chi connectivity index (χ0) is 30.5. The van der Waals surface area contributed by atoms with Crippen LogP contribution in [-0.2, 0) is 0 Å². The van der Waals surface area contributed by atoms with Gasteiger partial charge in [0.15, 0.2) is 0 Å². The number of benzene rings is 2. The molecule has 1 heteroatoms. The Labute approximate surface area is 254 Å². The van der Waals surface area contributed by atoms with Crippen molar-refractivity contribution in [2.75, 3.05) is 4.90 Å². The van der Waals surface area contributed by atoms with Crippen LogP contribution in [0.4, 0.5) is 5.69 Å². The fourth-order valence-corrected chi connectivity index (χ4v) is 4.89. The molecule has 0 bridgehead atoms. The lowest BCUT2D eigenvalue weighted by Crippen LogP contribution is -2.20. The quantitative estimate of drug-likeness (QED) is 0.265. The van der Waals surface area contributed by atoms with Crippen molar-refractivity contribution < 1.29 is 0 Å². The Bertz CT molecular complexity index is 1540. The molecule has 214 valence electrons. The minimum absolute atomic E-state index is 0.853. The Hall–Kier alpha value is -4.62. The van der Waals surface area contributed by atoms with Gasteiger partial charge in [0, 0.05) is 22.6 Å². The summed E-state index contributed by atoms with van der Waals surface area (Å²) in [6.45, 7) is 22.9. The Morgan fingerprint density at radius 1 is 0.881 bits per heavy atom. The van der Waals surface area contributed by atoms with E-state index in [1.165, 1.54) is 27.9 Å². The lowest BCUT2D eigenvalue weighted by Gasteiger charge is -2.29. The zero-order valence-corrected chi connectivity index (χ0v) is 26.0. The van der Waals surface area contributed by atoms with Crippen molar-refractivity contribution in [2.45, 2.75) is 47.5 Å². The van der Waals surface area contributed by atoms with Gasteiger partial charge in [0.2, 0.25) is 0 Å². The predicted molar refractivity (Wildman–Crippen MR) is 188 cm³/mol. The van der Waals surface area contributed by atoms with Crippen LogP contribution in [-0.4, -0.2) is 0 Å². The van der Waals surface area contributed by atoms with Crippen molar-refractivity contribution in [3.63, 3.8) is 0 Å². The van der Waals surface area contributed by atoms with Gasteiger partial charge in [-0.3, -0.25) is 0 Å². The molecule has 42 heavy (non-hydrogen) atoms. The largest absolute Gasteiger partial charge is 0.314 e. The molecule has 0 spiro atoms. The highest BCUT2D eigenvalue weighted by atomic mass is 15.2. The molecule has 2 aromatic rings. The van der Waals surface area contributed by atoms with Crippen LogP contribution in [0, 0.1) is 6.92 Å². The van der Waals surface area contributed by atoms with Crippen molar-refractivity contribution in [1.82, 2.24) is 0 Å². The second-order valence-corrected chi connectivity index (χ2v) is 10.5. The molecule has 0 aromatic heterocycles. The number of nitrogens with zero attached hydrogens (tertiary/aromatic N) is 1. The third kappa shape index (κ3) is 8.44. The number of rotatable bonds is 10. The molecule has 0 radical (unpaired) electrons. The van der Waals surface area contributed by atoms with Crippen LogP contribution in [0.25, 0.3) is 11.8 Å². The van der Waals surface area contributed by atoms with E-state index >= 15 is 0 Å². The smallest absolute Gasteiger partial charge is 0.0494 e. The molecule has 0 fully saturated rings. The number of hydrogen-bond acceptors (Lipinski definition) is 1. The molecule has 3 rings (SSSR count). The van der Waals surface area contributed by atoms with Gasteiger partial charge in [-0.25, -0.2) is 0 Å². The predicted octanol–water partition coefficient (Wildman–Crippen LogP) is 11.8. The first-order valence-electron chi connectivity index (χ1n) is 14.6. The average Bonchev–Trinajstić information content (AvgIpc) is 3.01. The summed E-state index contributed by atoms with van der Waals surface area (Å²) in [7, 11) is 0. The lowest BCUT2D eigenvalue weighted by molar-refractivity contribution is 1.13. The van der Waals surface area contributed by atoms with Gasteiger partial charge in [-0.15, -0.1) is 0 Å². The van der Waals surface area contributed by atoms with Gasteiger partial charge >= 0.3 is 0 Å². The van der Waals surface area contributed by atoms with Crippen LogP contribution < -0.4 is 4.90 Å². The van der Waals surface area contributed by atoms with Crippen LogP contribution in [0.1, 0.15) is 57.2 Å². The van der Waals surface area contributed by atoms with Crippen LogP contribution in [0.5, 0.6) is 0 Å². The Kier molecular flexibility index (Phi) is 12.1. The van der Waals surface area contributed by atoms with Gasteiger partial charge in [-0.2, -0.15) is 0 Å². The Balaban J connectivity index is 1.98. The second-order valence-electron chi connectivity index (χ2n) is 10.5. The fraction of sp³-hybridized carbons (Fsp3) is 0.171. The van der Waals surface area contributed by atoms with Crippen molar-refractivity contribution >= 4 is 17.5 Å². The van der Waals surface area contributed by atoms with Crippen LogP contribution >= 0.6 is 0 Å². The van der Waals surface area contributed by atoms with Crippen molar-refractivity contribution in [3.8, 4) is 0 Å². The van der Waals surface area contributed by atoms with Crippen molar-refractivity contribution in [3.05, 3.63) is 185 Å². The molecular weight excluding hydrogens is 506 g/mol. The maximum absolute atomic E-state index is 4.09. The summed E-state index contributed by atoms with van der Waals surface area (Å²) < 4.78 is 0. The van der Waals surface area contributed by atoms with Gasteiger partial charge in [0.05, 0.1) is 0 Å². The Morgan fingerprint density at radius 2 is 1.62 bits per heavy atom.